The quantitative estimate of drug-likeness (QED) is 0.664. The number of hydrogen-bond donors (Lipinski definition) is 3. The first-order valence-corrected chi connectivity index (χ1v) is 9.20. The van der Waals surface area contributed by atoms with Crippen LogP contribution in [-0.4, -0.2) is 69.0 Å². The van der Waals surface area contributed by atoms with Gasteiger partial charge in [0.1, 0.15) is 18.2 Å². The van der Waals surface area contributed by atoms with Crippen LogP contribution in [0.1, 0.15) is 15.9 Å². The highest BCUT2D eigenvalue weighted by atomic mass is 16.3. The summed E-state index contributed by atoms with van der Waals surface area (Å²) in [6.45, 7) is 1.37. The van der Waals surface area contributed by atoms with Crippen LogP contribution in [0.5, 0.6) is 0 Å². The number of carbonyl (C=O) groups excluding carboxylic acids is 2. The van der Waals surface area contributed by atoms with E-state index >= 15 is 0 Å². The molecule has 2 amide bonds. The first-order valence-electron chi connectivity index (χ1n) is 9.20. The molecule has 3 N–H and O–H groups in total. The molecule has 2 aromatic rings. The molecule has 0 unspecified atom stereocenters. The molecule has 0 radical (unpaired) electrons. The van der Waals surface area contributed by atoms with E-state index in [0.717, 1.165) is 5.56 Å². The van der Waals surface area contributed by atoms with Crippen LogP contribution in [0, 0.1) is 6.92 Å². The van der Waals surface area contributed by atoms with Gasteiger partial charge in [-0.3, -0.25) is 9.59 Å². The Kier molecular flexibility index (Phi) is 4.66. The lowest BCUT2D eigenvalue weighted by atomic mass is 9.78. The predicted octanol–water partition coefficient (Wildman–Crippen LogP) is 0.318. The average Bonchev–Trinajstić information content (AvgIpc) is 2.71. The number of aryl methyl sites for hydroxylation is 1. The Morgan fingerprint density at radius 3 is 2.25 bits per heavy atom. The highest BCUT2D eigenvalue weighted by Crippen LogP contribution is 2.40. The van der Waals surface area contributed by atoms with Crippen molar-refractivity contribution < 1.29 is 24.9 Å². The zero-order chi connectivity index (χ0) is 20.0. The third-order valence-electron chi connectivity index (χ3n) is 5.62. The van der Waals surface area contributed by atoms with Gasteiger partial charge in [0.05, 0.1) is 18.7 Å². The number of aliphatic hydroxyl groups excluding tert-OH is 3. The van der Waals surface area contributed by atoms with Gasteiger partial charge in [0.15, 0.2) is 0 Å². The van der Waals surface area contributed by atoms with Crippen LogP contribution >= 0.6 is 0 Å². The molecule has 7 heteroatoms. The number of anilines is 1. The molecule has 2 fully saturated rings. The second-order valence-corrected chi connectivity index (χ2v) is 7.29. The van der Waals surface area contributed by atoms with E-state index in [-0.39, 0.29) is 5.91 Å². The maximum Gasteiger partial charge on any atom is 0.255 e. The minimum Gasteiger partial charge on any atom is -0.394 e. The second-order valence-electron chi connectivity index (χ2n) is 7.29. The Bertz CT molecular complexity index is 885. The van der Waals surface area contributed by atoms with Gasteiger partial charge < -0.3 is 25.1 Å². The molecule has 0 aliphatic carbocycles. The molecule has 2 aromatic carbocycles. The molecular weight excluding hydrogens is 360 g/mol. The standard InChI is InChI=1S/C21H22N2O5/c1-12-7-9-14(10-8-12)22-16-17(21(22)28)23(15(11-24)18(25)19(16)26)20(27)13-5-3-2-4-6-13/h2-10,15-19,24-26H,11H2,1H3/t15-,16-,17-,18-,19-/m1/s1. The average molecular weight is 382 g/mol. The number of likely N-dealkylation sites (tertiary alicyclic amines) is 1. The molecule has 0 bridgehead atoms. The maximum atomic E-state index is 13.1. The number of carbonyl (C=O) groups is 2. The van der Waals surface area contributed by atoms with Gasteiger partial charge in [-0.05, 0) is 31.2 Å². The molecule has 5 atom stereocenters. The summed E-state index contributed by atoms with van der Waals surface area (Å²) in [4.78, 5) is 28.7. The highest BCUT2D eigenvalue weighted by molar-refractivity contribution is 6.09. The first-order chi connectivity index (χ1) is 13.5. The number of nitrogens with zero attached hydrogens (tertiary/aromatic N) is 2. The molecule has 7 nitrogen and oxygen atoms in total. The molecule has 2 aliphatic heterocycles. The molecule has 4 rings (SSSR count). The predicted molar refractivity (Wildman–Crippen MR) is 102 cm³/mol. The van der Waals surface area contributed by atoms with E-state index in [1.165, 1.54) is 9.80 Å². The van der Waals surface area contributed by atoms with Crippen molar-refractivity contribution >= 4 is 17.5 Å². The molecule has 28 heavy (non-hydrogen) atoms. The summed E-state index contributed by atoms with van der Waals surface area (Å²) in [5, 5.41) is 31.0. The van der Waals surface area contributed by atoms with Crippen molar-refractivity contribution in [1.82, 2.24) is 4.90 Å². The summed E-state index contributed by atoms with van der Waals surface area (Å²) in [6, 6.07) is 12.9. The van der Waals surface area contributed by atoms with Gasteiger partial charge in [0.25, 0.3) is 11.8 Å². The summed E-state index contributed by atoms with van der Waals surface area (Å²) < 4.78 is 0. The van der Waals surface area contributed by atoms with Crippen molar-refractivity contribution in [3.05, 3.63) is 65.7 Å². The SMILES string of the molecule is Cc1ccc(N2C(=O)[C@H]3[C@@H]2[C@@H](O)[C@H](O)[C@@H](CO)N3C(=O)c2ccccc2)cc1. The maximum absolute atomic E-state index is 13.1. The summed E-state index contributed by atoms with van der Waals surface area (Å²) in [5.74, 6) is -0.806. The molecule has 0 aromatic heterocycles. The number of fused-ring (bicyclic) bond motifs is 1. The number of piperidine rings is 1. The van der Waals surface area contributed by atoms with Crippen LogP contribution in [0.3, 0.4) is 0 Å². The topological polar surface area (TPSA) is 101 Å². The van der Waals surface area contributed by atoms with Gasteiger partial charge in [0.2, 0.25) is 0 Å². The fourth-order valence-corrected chi connectivity index (χ4v) is 4.13. The van der Waals surface area contributed by atoms with Gasteiger partial charge in [-0.25, -0.2) is 0 Å². The van der Waals surface area contributed by atoms with Crippen molar-refractivity contribution in [3.8, 4) is 0 Å². The van der Waals surface area contributed by atoms with Gasteiger partial charge in [-0.15, -0.1) is 0 Å². The molecule has 2 saturated heterocycles. The monoisotopic (exact) mass is 382 g/mol. The van der Waals surface area contributed by atoms with E-state index in [9.17, 15) is 24.9 Å². The number of amides is 2. The number of rotatable bonds is 3. The lowest BCUT2D eigenvalue weighted by Crippen LogP contribution is -2.83. The largest absolute Gasteiger partial charge is 0.394 e. The molecule has 2 aliphatic rings. The zero-order valence-corrected chi connectivity index (χ0v) is 15.3. The third-order valence-corrected chi connectivity index (χ3v) is 5.62. The van der Waals surface area contributed by atoms with Crippen molar-refractivity contribution in [1.29, 1.82) is 0 Å². The van der Waals surface area contributed by atoms with Crippen molar-refractivity contribution in [3.63, 3.8) is 0 Å². The number of hydrogen-bond acceptors (Lipinski definition) is 5. The molecule has 146 valence electrons. The van der Waals surface area contributed by atoms with Gasteiger partial charge in [0, 0.05) is 11.3 Å². The van der Waals surface area contributed by atoms with Gasteiger partial charge in [-0.1, -0.05) is 35.9 Å². The van der Waals surface area contributed by atoms with Crippen LogP contribution in [-0.2, 0) is 4.79 Å². The zero-order valence-electron chi connectivity index (χ0n) is 15.3. The van der Waals surface area contributed by atoms with Crippen molar-refractivity contribution in [2.24, 2.45) is 0 Å². The third kappa shape index (κ3) is 2.71. The number of benzene rings is 2. The van der Waals surface area contributed by atoms with Crippen molar-refractivity contribution in [2.75, 3.05) is 11.5 Å². The van der Waals surface area contributed by atoms with Crippen LogP contribution < -0.4 is 4.90 Å². The van der Waals surface area contributed by atoms with E-state index in [4.69, 9.17) is 0 Å². The summed E-state index contributed by atoms with van der Waals surface area (Å²) in [6.07, 6.45) is -2.65. The Labute approximate surface area is 162 Å². The summed E-state index contributed by atoms with van der Waals surface area (Å²) >= 11 is 0. The molecule has 2 heterocycles. The van der Waals surface area contributed by atoms with Crippen LogP contribution in [0.25, 0.3) is 0 Å². The molecule has 0 saturated carbocycles. The fraction of sp³-hybridized carbons (Fsp3) is 0.333. The van der Waals surface area contributed by atoms with E-state index in [1.807, 2.05) is 19.1 Å². The molecule has 0 spiro atoms. The highest BCUT2D eigenvalue weighted by Gasteiger charge is 2.63. The summed E-state index contributed by atoms with van der Waals surface area (Å²) in [5.41, 5.74) is 1.97. The Hall–Kier alpha value is -2.74. The summed E-state index contributed by atoms with van der Waals surface area (Å²) in [7, 11) is 0. The van der Waals surface area contributed by atoms with Crippen LogP contribution in [0.15, 0.2) is 54.6 Å². The van der Waals surface area contributed by atoms with Crippen molar-refractivity contribution in [2.45, 2.75) is 37.3 Å². The lowest BCUT2D eigenvalue weighted by Gasteiger charge is -2.59. The first kappa shape index (κ1) is 18.6. The van der Waals surface area contributed by atoms with E-state index in [0.29, 0.717) is 11.3 Å². The van der Waals surface area contributed by atoms with Gasteiger partial charge >= 0.3 is 0 Å². The Morgan fingerprint density at radius 2 is 1.64 bits per heavy atom. The minimum atomic E-state index is -1.38. The normalized spacial score (nSPS) is 29.3. The lowest BCUT2D eigenvalue weighted by molar-refractivity contribution is -0.158. The van der Waals surface area contributed by atoms with E-state index in [1.54, 1.807) is 42.5 Å². The van der Waals surface area contributed by atoms with E-state index in [2.05, 4.69) is 0 Å². The number of β-lactam (4-membered cyclic amide) rings is 1. The second kappa shape index (κ2) is 7.01. The smallest absolute Gasteiger partial charge is 0.255 e. The Morgan fingerprint density at radius 1 is 1.00 bits per heavy atom. The minimum absolute atomic E-state index is 0.345. The fourth-order valence-electron chi connectivity index (χ4n) is 4.13. The molecular formula is C21H22N2O5. The van der Waals surface area contributed by atoms with Crippen LogP contribution in [0.2, 0.25) is 0 Å². The van der Waals surface area contributed by atoms with Crippen LogP contribution in [0.4, 0.5) is 5.69 Å². The van der Waals surface area contributed by atoms with E-state index < -0.39 is 42.8 Å². The number of aliphatic hydroxyl groups is 3. The van der Waals surface area contributed by atoms with Gasteiger partial charge in [-0.2, -0.15) is 0 Å². The Balaban J connectivity index is 1.72.